The monoisotopic (exact) mass is 274 g/mol. The molecule has 0 fully saturated rings. The highest BCUT2D eigenvalue weighted by atomic mass is 16.5. The summed E-state index contributed by atoms with van der Waals surface area (Å²) in [6.45, 7) is 0.880. The van der Waals surface area contributed by atoms with Gasteiger partial charge < -0.3 is 9.84 Å². The van der Waals surface area contributed by atoms with E-state index < -0.39 is 5.97 Å². The van der Waals surface area contributed by atoms with Gasteiger partial charge in [0, 0.05) is 5.56 Å². The summed E-state index contributed by atoms with van der Waals surface area (Å²) in [5, 5.41) is 20.4. The molecular weight excluding hydrogens is 260 g/mol. The third-order valence-corrected chi connectivity index (χ3v) is 3.37. The van der Waals surface area contributed by atoms with Crippen LogP contribution in [0.4, 0.5) is 0 Å². The Labute approximate surface area is 115 Å². The Morgan fingerprint density at radius 1 is 1.45 bits per heavy atom. The standard InChI is InChI=1S/C13H14N4O3/c18-12(19)5-7-17-13(14-15-16-17)10-6-8-20-11-4-2-1-3-9(10)11/h1-4,10H,5-8H2,(H,18,19). The number of para-hydroxylation sites is 1. The first-order chi connectivity index (χ1) is 9.75. The Bertz CT molecular complexity index is 626. The zero-order chi connectivity index (χ0) is 13.9. The molecule has 1 unspecified atom stereocenters. The van der Waals surface area contributed by atoms with Gasteiger partial charge in [0.1, 0.15) is 5.75 Å². The first kappa shape index (κ1) is 12.6. The van der Waals surface area contributed by atoms with Crippen LogP contribution in [0.25, 0.3) is 0 Å². The molecule has 0 saturated carbocycles. The van der Waals surface area contributed by atoms with E-state index in [-0.39, 0.29) is 18.9 Å². The summed E-state index contributed by atoms with van der Waals surface area (Å²) in [5.74, 6) is 0.723. The number of ether oxygens (including phenoxy) is 1. The van der Waals surface area contributed by atoms with Gasteiger partial charge in [-0.2, -0.15) is 0 Å². The molecule has 1 aromatic heterocycles. The molecule has 3 rings (SSSR count). The molecule has 1 N–H and O–H groups in total. The minimum atomic E-state index is -0.862. The smallest absolute Gasteiger partial charge is 0.305 e. The topological polar surface area (TPSA) is 90.1 Å². The summed E-state index contributed by atoms with van der Waals surface area (Å²) in [6.07, 6.45) is 0.785. The number of fused-ring (bicyclic) bond motifs is 1. The molecule has 0 saturated heterocycles. The van der Waals surface area contributed by atoms with Crippen molar-refractivity contribution in [1.29, 1.82) is 0 Å². The molecule has 0 amide bonds. The first-order valence-electron chi connectivity index (χ1n) is 6.45. The van der Waals surface area contributed by atoms with E-state index in [2.05, 4.69) is 15.5 Å². The highest BCUT2D eigenvalue weighted by Gasteiger charge is 2.27. The van der Waals surface area contributed by atoms with Crippen molar-refractivity contribution in [1.82, 2.24) is 20.2 Å². The Hall–Kier alpha value is -2.44. The molecule has 20 heavy (non-hydrogen) atoms. The molecule has 0 aliphatic carbocycles. The van der Waals surface area contributed by atoms with Gasteiger partial charge in [0.2, 0.25) is 0 Å². The zero-order valence-corrected chi connectivity index (χ0v) is 10.8. The second-order valence-electron chi connectivity index (χ2n) is 4.63. The lowest BCUT2D eigenvalue weighted by Gasteiger charge is -2.24. The summed E-state index contributed by atoms with van der Waals surface area (Å²) < 4.78 is 7.19. The van der Waals surface area contributed by atoms with Gasteiger partial charge in [0.15, 0.2) is 5.82 Å². The van der Waals surface area contributed by atoms with E-state index >= 15 is 0 Å². The van der Waals surface area contributed by atoms with Gasteiger partial charge in [0.25, 0.3) is 0 Å². The minimum Gasteiger partial charge on any atom is -0.493 e. The van der Waals surface area contributed by atoms with Crippen LogP contribution in [0, 0.1) is 0 Å². The summed E-state index contributed by atoms with van der Waals surface area (Å²) in [4.78, 5) is 10.7. The second kappa shape index (κ2) is 5.28. The van der Waals surface area contributed by atoms with Gasteiger partial charge in [-0.05, 0) is 22.9 Å². The molecular formula is C13H14N4O3. The number of aliphatic carboxylic acids is 1. The molecule has 1 aliphatic heterocycles. The van der Waals surface area contributed by atoms with Gasteiger partial charge in [-0.25, -0.2) is 4.68 Å². The number of hydrogen-bond donors (Lipinski definition) is 1. The van der Waals surface area contributed by atoms with Gasteiger partial charge >= 0.3 is 5.97 Å². The fraction of sp³-hybridized carbons (Fsp3) is 0.385. The number of aromatic nitrogens is 4. The van der Waals surface area contributed by atoms with E-state index in [4.69, 9.17) is 9.84 Å². The molecule has 0 bridgehead atoms. The van der Waals surface area contributed by atoms with Crippen LogP contribution in [-0.2, 0) is 11.3 Å². The summed E-state index contributed by atoms with van der Waals surface area (Å²) in [6, 6.07) is 7.79. The van der Waals surface area contributed by atoms with Crippen molar-refractivity contribution in [3.63, 3.8) is 0 Å². The summed E-state index contributed by atoms with van der Waals surface area (Å²) >= 11 is 0. The number of hydrogen-bond acceptors (Lipinski definition) is 5. The van der Waals surface area contributed by atoms with E-state index in [9.17, 15) is 4.79 Å². The lowest BCUT2D eigenvalue weighted by molar-refractivity contribution is -0.137. The largest absolute Gasteiger partial charge is 0.493 e. The van der Waals surface area contributed by atoms with E-state index in [1.165, 1.54) is 0 Å². The van der Waals surface area contributed by atoms with E-state index in [1.807, 2.05) is 24.3 Å². The number of tetrazole rings is 1. The number of carboxylic acid groups (broad SMARTS) is 1. The van der Waals surface area contributed by atoms with Crippen molar-refractivity contribution in [3.05, 3.63) is 35.7 Å². The predicted molar refractivity (Wildman–Crippen MR) is 68.5 cm³/mol. The summed E-state index contributed by atoms with van der Waals surface area (Å²) in [5.41, 5.74) is 1.05. The third-order valence-electron chi connectivity index (χ3n) is 3.37. The van der Waals surface area contributed by atoms with E-state index in [1.54, 1.807) is 4.68 Å². The molecule has 0 spiro atoms. The maximum Gasteiger partial charge on any atom is 0.305 e. The lowest BCUT2D eigenvalue weighted by Crippen LogP contribution is -2.20. The molecule has 1 aromatic carbocycles. The Morgan fingerprint density at radius 3 is 3.15 bits per heavy atom. The molecule has 2 heterocycles. The Balaban J connectivity index is 1.91. The molecule has 0 radical (unpaired) electrons. The highest BCUT2D eigenvalue weighted by Crippen LogP contribution is 2.36. The van der Waals surface area contributed by atoms with Crippen molar-refractivity contribution >= 4 is 5.97 Å². The molecule has 7 nitrogen and oxygen atoms in total. The van der Waals surface area contributed by atoms with Crippen molar-refractivity contribution in [3.8, 4) is 5.75 Å². The number of carbonyl (C=O) groups is 1. The average Bonchev–Trinajstić information content (AvgIpc) is 2.92. The maximum atomic E-state index is 10.7. The number of nitrogens with zero attached hydrogens (tertiary/aromatic N) is 4. The van der Waals surface area contributed by atoms with Gasteiger partial charge in [0.05, 0.1) is 25.5 Å². The van der Waals surface area contributed by atoms with E-state index in [0.717, 1.165) is 17.7 Å². The lowest BCUT2D eigenvalue weighted by atomic mass is 9.92. The van der Waals surface area contributed by atoms with Crippen LogP contribution in [0.5, 0.6) is 5.75 Å². The van der Waals surface area contributed by atoms with E-state index in [0.29, 0.717) is 12.4 Å². The maximum absolute atomic E-state index is 10.7. The number of aryl methyl sites for hydroxylation is 1. The fourth-order valence-corrected chi connectivity index (χ4v) is 2.43. The van der Waals surface area contributed by atoms with Crippen LogP contribution in [-0.4, -0.2) is 37.9 Å². The van der Waals surface area contributed by atoms with Gasteiger partial charge in [-0.1, -0.05) is 18.2 Å². The van der Waals surface area contributed by atoms with Gasteiger partial charge in [-0.3, -0.25) is 4.79 Å². The molecule has 2 aromatic rings. The van der Waals surface area contributed by atoms with Crippen LogP contribution in [0.3, 0.4) is 0 Å². The third kappa shape index (κ3) is 2.34. The Morgan fingerprint density at radius 2 is 2.30 bits per heavy atom. The molecule has 1 atom stereocenters. The number of carboxylic acids is 1. The normalized spacial score (nSPS) is 17.3. The molecule has 1 aliphatic rings. The van der Waals surface area contributed by atoms with Gasteiger partial charge in [-0.15, -0.1) is 5.10 Å². The van der Waals surface area contributed by atoms with Crippen molar-refractivity contribution < 1.29 is 14.6 Å². The van der Waals surface area contributed by atoms with Crippen molar-refractivity contribution in [2.45, 2.75) is 25.3 Å². The molecule has 7 heteroatoms. The van der Waals surface area contributed by atoms with Crippen LogP contribution < -0.4 is 4.74 Å². The fourth-order valence-electron chi connectivity index (χ4n) is 2.43. The zero-order valence-electron chi connectivity index (χ0n) is 10.8. The molecule has 104 valence electrons. The minimum absolute atomic E-state index is 0.00288. The number of benzene rings is 1. The quantitative estimate of drug-likeness (QED) is 0.896. The van der Waals surface area contributed by atoms with Crippen LogP contribution >= 0.6 is 0 Å². The highest BCUT2D eigenvalue weighted by molar-refractivity contribution is 5.66. The van der Waals surface area contributed by atoms with Crippen LogP contribution in [0.15, 0.2) is 24.3 Å². The second-order valence-corrected chi connectivity index (χ2v) is 4.63. The first-order valence-corrected chi connectivity index (χ1v) is 6.45. The Kier molecular flexibility index (Phi) is 3.32. The van der Waals surface area contributed by atoms with Crippen LogP contribution in [0.1, 0.15) is 30.1 Å². The SMILES string of the molecule is O=C(O)CCn1nnnc1C1CCOc2ccccc21. The van der Waals surface area contributed by atoms with Crippen molar-refractivity contribution in [2.24, 2.45) is 0 Å². The predicted octanol–water partition coefficient (Wildman–Crippen LogP) is 1.06. The van der Waals surface area contributed by atoms with Crippen molar-refractivity contribution in [2.75, 3.05) is 6.61 Å². The summed E-state index contributed by atoms with van der Waals surface area (Å²) in [7, 11) is 0. The van der Waals surface area contributed by atoms with Crippen LogP contribution in [0.2, 0.25) is 0 Å². The average molecular weight is 274 g/mol. The number of rotatable bonds is 4.